The first-order valence-electron chi connectivity index (χ1n) is 6.19. The number of carbonyl (C=O) groups is 1. The molecule has 0 fully saturated rings. The zero-order valence-electron chi connectivity index (χ0n) is 10.8. The molecule has 2 aromatic rings. The molecule has 2 heterocycles. The fourth-order valence-electron chi connectivity index (χ4n) is 2.47. The minimum Gasteiger partial charge on any atom is -0.311 e. The first kappa shape index (κ1) is 12.3. The maximum atomic E-state index is 11.9. The molecule has 0 atom stereocenters. The van der Waals surface area contributed by atoms with Gasteiger partial charge in [-0.05, 0) is 25.1 Å². The minimum atomic E-state index is -0.0170. The molecule has 5 heteroatoms. The Morgan fingerprint density at radius 2 is 2.00 bits per heavy atom. The maximum Gasteiger partial charge on any atom is 0.250 e. The molecule has 0 bridgehead atoms. The van der Waals surface area contributed by atoms with Crippen LogP contribution in [0.5, 0.6) is 0 Å². The molecule has 3 rings (SSSR count). The van der Waals surface area contributed by atoms with Gasteiger partial charge in [-0.1, -0.05) is 0 Å². The zero-order chi connectivity index (χ0) is 13.6. The number of pyridine rings is 1. The highest BCUT2D eigenvalue weighted by Gasteiger charge is 2.25. The lowest BCUT2D eigenvalue weighted by Gasteiger charge is -2.28. The highest BCUT2D eigenvalue weighted by atomic mass is 32.2. The van der Waals surface area contributed by atoms with Crippen LogP contribution in [0, 0.1) is 0 Å². The standard InChI is InChI=1S/C14H14N2O2S/c1-3-16-11-6-5-10-9(4-7-12(17)15(10)2)14(11)19-8-13(16)18/h4-7H,3,8H2,1-2H3. The summed E-state index contributed by atoms with van der Waals surface area (Å²) in [5.41, 5.74) is 1.84. The van der Waals surface area contributed by atoms with E-state index in [2.05, 4.69) is 0 Å². The summed E-state index contributed by atoms with van der Waals surface area (Å²) in [6, 6.07) is 7.28. The van der Waals surface area contributed by atoms with Crippen LogP contribution in [-0.2, 0) is 11.8 Å². The van der Waals surface area contributed by atoms with Crippen molar-refractivity contribution in [3.8, 4) is 0 Å². The number of rotatable bonds is 1. The second kappa shape index (κ2) is 4.42. The normalized spacial score (nSPS) is 14.8. The van der Waals surface area contributed by atoms with Gasteiger partial charge in [-0.3, -0.25) is 9.59 Å². The summed E-state index contributed by atoms with van der Waals surface area (Å²) in [6.07, 6.45) is 0. The Labute approximate surface area is 115 Å². The number of aromatic nitrogens is 1. The van der Waals surface area contributed by atoms with Gasteiger partial charge in [-0.25, -0.2) is 0 Å². The number of aryl methyl sites for hydroxylation is 1. The van der Waals surface area contributed by atoms with Crippen molar-refractivity contribution < 1.29 is 4.79 Å². The van der Waals surface area contributed by atoms with E-state index in [-0.39, 0.29) is 11.5 Å². The SMILES string of the molecule is CCN1C(=O)CSc2c1ccc1c2ccc(=O)n1C. The predicted molar refractivity (Wildman–Crippen MR) is 77.9 cm³/mol. The Kier molecular flexibility index (Phi) is 2.86. The van der Waals surface area contributed by atoms with Crippen molar-refractivity contribution in [2.75, 3.05) is 17.2 Å². The van der Waals surface area contributed by atoms with Gasteiger partial charge in [0.25, 0.3) is 5.56 Å². The van der Waals surface area contributed by atoms with Crippen LogP contribution in [0.2, 0.25) is 0 Å². The van der Waals surface area contributed by atoms with Crippen molar-refractivity contribution in [1.82, 2.24) is 4.57 Å². The third-order valence-electron chi connectivity index (χ3n) is 3.48. The number of thioether (sulfide) groups is 1. The van der Waals surface area contributed by atoms with Gasteiger partial charge >= 0.3 is 0 Å². The number of fused-ring (bicyclic) bond motifs is 3. The van der Waals surface area contributed by atoms with E-state index in [0.29, 0.717) is 12.3 Å². The Morgan fingerprint density at radius 1 is 1.21 bits per heavy atom. The molecule has 98 valence electrons. The predicted octanol–water partition coefficient (Wildman–Crippen LogP) is 2.00. The summed E-state index contributed by atoms with van der Waals surface area (Å²) in [6.45, 7) is 2.65. The minimum absolute atomic E-state index is 0.0170. The Morgan fingerprint density at radius 3 is 2.74 bits per heavy atom. The molecule has 0 spiro atoms. The van der Waals surface area contributed by atoms with E-state index < -0.39 is 0 Å². The number of anilines is 1. The van der Waals surface area contributed by atoms with Crippen LogP contribution in [0.4, 0.5) is 5.69 Å². The largest absolute Gasteiger partial charge is 0.311 e. The second-order valence-corrected chi connectivity index (χ2v) is 5.49. The summed E-state index contributed by atoms with van der Waals surface area (Å²) >= 11 is 1.55. The molecular formula is C14H14N2O2S. The summed E-state index contributed by atoms with van der Waals surface area (Å²) in [4.78, 5) is 26.5. The Hall–Kier alpha value is -1.75. The molecule has 0 radical (unpaired) electrons. The van der Waals surface area contributed by atoms with Gasteiger partial charge < -0.3 is 9.47 Å². The highest BCUT2D eigenvalue weighted by Crippen LogP contribution is 2.39. The van der Waals surface area contributed by atoms with E-state index in [9.17, 15) is 9.59 Å². The molecule has 1 aliphatic rings. The van der Waals surface area contributed by atoms with Crippen LogP contribution in [0.3, 0.4) is 0 Å². The lowest BCUT2D eigenvalue weighted by Crippen LogP contribution is -2.35. The summed E-state index contributed by atoms with van der Waals surface area (Å²) in [5, 5.41) is 1.04. The quantitative estimate of drug-likeness (QED) is 0.798. The summed E-state index contributed by atoms with van der Waals surface area (Å²) in [5.74, 6) is 0.604. The van der Waals surface area contributed by atoms with Crippen molar-refractivity contribution in [1.29, 1.82) is 0 Å². The van der Waals surface area contributed by atoms with Gasteiger partial charge in [0.1, 0.15) is 0 Å². The van der Waals surface area contributed by atoms with Gasteiger partial charge in [0.15, 0.2) is 0 Å². The van der Waals surface area contributed by atoms with E-state index in [1.807, 2.05) is 25.1 Å². The fraction of sp³-hybridized carbons (Fsp3) is 0.286. The van der Waals surface area contributed by atoms with Crippen LogP contribution in [0.15, 0.2) is 34.0 Å². The zero-order valence-corrected chi connectivity index (χ0v) is 11.7. The number of benzene rings is 1. The van der Waals surface area contributed by atoms with Crippen molar-refractivity contribution >= 4 is 34.3 Å². The third-order valence-corrected chi connectivity index (χ3v) is 4.59. The maximum absolute atomic E-state index is 11.9. The Bertz CT molecular complexity index is 736. The van der Waals surface area contributed by atoms with Crippen molar-refractivity contribution in [3.05, 3.63) is 34.6 Å². The van der Waals surface area contributed by atoms with Gasteiger partial charge in [0.2, 0.25) is 5.91 Å². The molecule has 0 saturated carbocycles. The lowest BCUT2D eigenvalue weighted by molar-refractivity contribution is -0.116. The number of carbonyl (C=O) groups excluding carboxylic acids is 1. The van der Waals surface area contributed by atoms with Crippen LogP contribution in [-0.4, -0.2) is 22.8 Å². The van der Waals surface area contributed by atoms with Gasteiger partial charge in [0, 0.05) is 29.9 Å². The summed E-state index contributed by atoms with van der Waals surface area (Å²) in [7, 11) is 1.77. The van der Waals surface area contributed by atoms with Gasteiger partial charge in [-0.2, -0.15) is 0 Å². The molecule has 1 amide bonds. The molecule has 4 nitrogen and oxygen atoms in total. The fourth-order valence-corrected chi connectivity index (χ4v) is 3.55. The molecule has 19 heavy (non-hydrogen) atoms. The number of hydrogen-bond donors (Lipinski definition) is 0. The molecule has 0 aliphatic carbocycles. The molecule has 0 N–H and O–H groups in total. The van der Waals surface area contributed by atoms with Crippen LogP contribution >= 0.6 is 11.8 Å². The molecule has 1 aromatic heterocycles. The molecular weight excluding hydrogens is 260 g/mol. The molecule has 0 saturated heterocycles. The van der Waals surface area contributed by atoms with E-state index in [1.165, 1.54) is 0 Å². The molecule has 0 unspecified atom stereocenters. The van der Waals surface area contributed by atoms with Crippen LogP contribution in [0.25, 0.3) is 10.9 Å². The van der Waals surface area contributed by atoms with Crippen molar-refractivity contribution in [3.63, 3.8) is 0 Å². The number of nitrogens with zero attached hydrogens (tertiary/aromatic N) is 2. The summed E-state index contributed by atoms with van der Waals surface area (Å²) < 4.78 is 1.64. The number of hydrogen-bond acceptors (Lipinski definition) is 3. The van der Waals surface area contributed by atoms with Gasteiger partial charge in [-0.15, -0.1) is 11.8 Å². The Balaban J connectivity index is 2.34. The van der Waals surface area contributed by atoms with E-state index in [0.717, 1.165) is 21.5 Å². The smallest absolute Gasteiger partial charge is 0.250 e. The molecule has 1 aromatic carbocycles. The number of amides is 1. The monoisotopic (exact) mass is 274 g/mol. The average Bonchev–Trinajstić information content (AvgIpc) is 2.42. The highest BCUT2D eigenvalue weighted by molar-refractivity contribution is 8.00. The average molecular weight is 274 g/mol. The lowest BCUT2D eigenvalue weighted by atomic mass is 10.1. The first-order valence-corrected chi connectivity index (χ1v) is 7.18. The van der Waals surface area contributed by atoms with E-state index in [1.54, 1.807) is 34.3 Å². The van der Waals surface area contributed by atoms with Crippen LogP contribution in [0.1, 0.15) is 6.92 Å². The van der Waals surface area contributed by atoms with Crippen LogP contribution < -0.4 is 10.5 Å². The van der Waals surface area contributed by atoms with Crippen molar-refractivity contribution in [2.45, 2.75) is 11.8 Å². The van der Waals surface area contributed by atoms with Crippen molar-refractivity contribution in [2.24, 2.45) is 7.05 Å². The third kappa shape index (κ3) is 1.76. The van der Waals surface area contributed by atoms with E-state index in [4.69, 9.17) is 0 Å². The first-order chi connectivity index (χ1) is 9.13. The molecule has 1 aliphatic heterocycles. The topological polar surface area (TPSA) is 42.3 Å². The van der Waals surface area contributed by atoms with Gasteiger partial charge in [0.05, 0.1) is 17.0 Å². The second-order valence-electron chi connectivity index (χ2n) is 4.50. The van der Waals surface area contributed by atoms with E-state index >= 15 is 0 Å².